The third-order valence-electron chi connectivity index (χ3n) is 4.64. The summed E-state index contributed by atoms with van der Waals surface area (Å²) in [7, 11) is 0. The summed E-state index contributed by atoms with van der Waals surface area (Å²) in [4.78, 5) is 17.2. The number of fused-ring (bicyclic) bond motifs is 1. The van der Waals surface area contributed by atoms with Crippen LogP contribution in [-0.4, -0.2) is 15.5 Å². The van der Waals surface area contributed by atoms with Gasteiger partial charge in [-0.25, -0.2) is 4.98 Å². The van der Waals surface area contributed by atoms with E-state index >= 15 is 0 Å². The Labute approximate surface area is 158 Å². The maximum Gasteiger partial charge on any atom is 0.224 e. The smallest absolute Gasteiger partial charge is 0.224 e. The summed E-state index contributed by atoms with van der Waals surface area (Å²) in [5.41, 5.74) is 4.97. The summed E-state index contributed by atoms with van der Waals surface area (Å²) in [5, 5.41) is 3.00. The van der Waals surface area contributed by atoms with Gasteiger partial charge < -0.3 is 5.32 Å². The van der Waals surface area contributed by atoms with Crippen molar-refractivity contribution >= 4 is 22.6 Å². The van der Waals surface area contributed by atoms with Gasteiger partial charge in [-0.05, 0) is 42.8 Å². The molecule has 4 aromatic rings. The van der Waals surface area contributed by atoms with E-state index in [1.807, 2.05) is 67.6 Å². The first kappa shape index (κ1) is 17.0. The second kappa shape index (κ2) is 7.46. The number of hydrogen-bond donors (Lipinski definition) is 1. The number of imidazole rings is 1. The third-order valence-corrected chi connectivity index (χ3v) is 4.64. The predicted octanol–water partition coefficient (Wildman–Crippen LogP) is 4.91. The van der Waals surface area contributed by atoms with E-state index < -0.39 is 0 Å². The van der Waals surface area contributed by atoms with Crippen LogP contribution < -0.4 is 5.32 Å². The number of anilines is 1. The number of amides is 1. The van der Waals surface area contributed by atoms with Crippen molar-refractivity contribution in [3.05, 3.63) is 90.3 Å². The number of aryl methyl sites for hydroxylation is 2. The average molecular weight is 355 g/mol. The maximum absolute atomic E-state index is 12.5. The minimum atomic E-state index is -0.00373. The van der Waals surface area contributed by atoms with Crippen molar-refractivity contribution in [2.24, 2.45) is 0 Å². The van der Waals surface area contributed by atoms with Crippen LogP contribution in [-0.2, 0) is 11.2 Å². The molecule has 0 saturated carbocycles. The highest BCUT2D eigenvalue weighted by atomic mass is 16.1. The third kappa shape index (κ3) is 3.60. The Hall–Kier alpha value is -3.40. The van der Waals surface area contributed by atoms with Crippen molar-refractivity contribution in [3.63, 3.8) is 0 Å². The van der Waals surface area contributed by atoms with Gasteiger partial charge in [-0.2, -0.15) is 0 Å². The van der Waals surface area contributed by atoms with Crippen molar-refractivity contribution in [2.45, 2.75) is 19.8 Å². The van der Waals surface area contributed by atoms with Crippen LogP contribution in [0.2, 0.25) is 0 Å². The molecule has 134 valence electrons. The lowest BCUT2D eigenvalue weighted by molar-refractivity contribution is -0.116. The molecule has 0 radical (unpaired) electrons. The Balaban J connectivity index is 1.59. The van der Waals surface area contributed by atoms with Crippen molar-refractivity contribution in [2.75, 3.05) is 5.32 Å². The summed E-state index contributed by atoms with van der Waals surface area (Å²) in [6.45, 7) is 1.99. The normalized spacial score (nSPS) is 10.9. The molecular weight excluding hydrogens is 334 g/mol. The van der Waals surface area contributed by atoms with Crippen LogP contribution in [0.25, 0.3) is 16.7 Å². The minimum Gasteiger partial charge on any atom is -0.326 e. The molecule has 0 aliphatic heterocycles. The molecule has 1 N–H and O–H groups in total. The molecule has 4 rings (SSSR count). The lowest BCUT2D eigenvalue weighted by Crippen LogP contribution is -2.14. The van der Waals surface area contributed by atoms with Crippen molar-refractivity contribution in [3.8, 4) is 5.69 Å². The van der Waals surface area contributed by atoms with Gasteiger partial charge in [0, 0.05) is 24.2 Å². The number of carbonyl (C=O) groups excluding carboxylic acids is 1. The first-order chi connectivity index (χ1) is 13.2. The molecule has 1 amide bonds. The van der Waals surface area contributed by atoms with Gasteiger partial charge in [0.05, 0.1) is 11.0 Å². The van der Waals surface area contributed by atoms with Gasteiger partial charge in [-0.3, -0.25) is 9.36 Å². The Morgan fingerprint density at radius 3 is 2.44 bits per heavy atom. The maximum atomic E-state index is 12.5. The minimum absolute atomic E-state index is 0.00373. The first-order valence-corrected chi connectivity index (χ1v) is 9.09. The van der Waals surface area contributed by atoms with Gasteiger partial charge in [0.2, 0.25) is 5.91 Å². The second-order valence-corrected chi connectivity index (χ2v) is 6.55. The van der Waals surface area contributed by atoms with Crippen LogP contribution in [0.4, 0.5) is 5.69 Å². The van der Waals surface area contributed by atoms with Gasteiger partial charge >= 0.3 is 0 Å². The lowest BCUT2D eigenvalue weighted by atomic mass is 10.2. The van der Waals surface area contributed by atoms with Crippen molar-refractivity contribution in [1.82, 2.24) is 9.55 Å². The SMILES string of the molecule is Cc1ccccc1NC(=O)CCc1nc2ccccc2n1-c1ccccc1. The monoisotopic (exact) mass is 355 g/mol. The zero-order chi connectivity index (χ0) is 18.6. The number of aromatic nitrogens is 2. The Morgan fingerprint density at radius 2 is 1.63 bits per heavy atom. The molecule has 0 atom stereocenters. The number of benzene rings is 3. The molecule has 0 saturated heterocycles. The highest BCUT2D eigenvalue weighted by molar-refractivity contribution is 5.91. The summed E-state index contributed by atoms with van der Waals surface area (Å²) in [6.07, 6.45) is 0.950. The summed E-state index contributed by atoms with van der Waals surface area (Å²) in [6, 6.07) is 26.0. The number of nitrogens with zero attached hydrogens (tertiary/aromatic N) is 2. The molecule has 27 heavy (non-hydrogen) atoms. The van der Waals surface area contributed by atoms with Crippen LogP contribution in [0.1, 0.15) is 17.8 Å². The van der Waals surface area contributed by atoms with Gasteiger partial charge in [0.15, 0.2) is 0 Å². The number of rotatable bonds is 5. The van der Waals surface area contributed by atoms with Crippen LogP contribution in [0.5, 0.6) is 0 Å². The van der Waals surface area contributed by atoms with E-state index in [1.54, 1.807) is 0 Å². The Kier molecular flexibility index (Phi) is 4.71. The molecule has 1 heterocycles. The fraction of sp³-hybridized carbons (Fsp3) is 0.130. The van der Waals surface area contributed by atoms with Crippen LogP contribution in [0.15, 0.2) is 78.9 Å². The fourth-order valence-electron chi connectivity index (χ4n) is 3.26. The van der Waals surface area contributed by atoms with Gasteiger partial charge in [-0.15, -0.1) is 0 Å². The van der Waals surface area contributed by atoms with E-state index in [0.717, 1.165) is 33.8 Å². The quantitative estimate of drug-likeness (QED) is 0.553. The lowest BCUT2D eigenvalue weighted by Gasteiger charge is -2.10. The number of hydrogen-bond acceptors (Lipinski definition) is 2. The van der Waals surface area contributed by atoms with E-state index in [9.17, 15) is 4.79 Å². The molecule has 4 heteroatoms. The Bertz CT molecular complexity index is 1080. The fourth-order valence-corrected chi connectivity index (χ4v) is 3.26. The molecule has 0 bridgehead atoms. The molecule has 0 unspecified atom stereocenters. The second-order valence-electron chi connectivity index (χ2n) is 6.55. The Morgan fingerprint density at radius 1 is 0.926 bits per heavy atom. The summed E-state index contributed by atoms with van der Waals surface area (Å²) < 4.78 is 2.14. The van der Waals surface area contributed by atoms with E-state index in [2.05, 4.69) is 28.1 Å². The van der Waals surface area contributed by atoms with Gasteiger partial charge in [-0.1, -0.05) is 48.5 Å². The molecule has 3 aromatic carbocycles. The first-order valence-electron chi connectivity index (χ1n) is 9.09. The molecular formula is C23H21N3O. The van der Waals surface area contributed by atoms with Crippen molar-refractivity contribution < 1.29 is 4.79 Å². The van der Waals surface area contributed by atoms with Crippen LogP contribution in [0.3, 0.4) is 0 Å². The van der Waals surface area contributed by atoms with Crippen LogP contribution in [0, 0.1) is 6.92 Å². The zero-order valence-corrected chi connectivity index (χ0v) is 15.2. The largest absolute Gasteiger partial charge is 0.326 e. The zero-order valence-electron chi connectivity index (χ0n) is 15.2. The topological polar surface area (TPSA) is 46.9 Å². The number of carbonyl (C=O) groups is 1. The molecule has 1 aromatic heterocycles. The molecule has 0 spiro atoms. The summed E-state index contributed by atoms with van der Waals surface area (Å²) in [5.74, 6) is 0.887. The van der Waals surface area contributed by atoms with Crippen molar-refractivity contribution in [1.29, 1.82) is 0 Å². The van der Waals surface area contributed by atoms with E-state index in [-0.39, 0.29) is 5.91 Å². The average Bonchev–Trinajstić information content (AvgIpc) is 3.07. The van der Waals surface area contributed by atoms with Crippen LogP contribution >= 0.6 is 0 Å². The van der Waals surface area contributed by atoms with E-state index in [4.69, 9.17) is 4.98 Å². The molecule has 0 aliphatic carbocycles. The number of nitrogens with one attached hydrogen (secondary N) is 1. The molecule has 0 aliphatic rings. The standard InChI is InChI=1S/C23H21N3O/c1-17-9-5-6-12-19(17)25-23(27)16-15-22-24-20-13-7-8-14-21(20)26(22)18-10-3-2-4-11-18/h2-14H,15-16H2,1H3,(H,25,27). The molecule has 4 nitrogen and oxygen atoms in total. The van der Waals surface area contributed by atoms with Gasteiger partial charge in [0.25, 0.3) is 0 Å². The van der Waals surface area contributed by atoms with E-state index in [0.29, 0.717) is 12.8 Å². The van der Waals surface area contributed by atoms with E-state index in [1.165, 1.54) is 0 Å². The molecule has 0 fully saturated rings. The predicted molar refractivity (Wildman–Crippen MR) is 109 cm³/mol. The summed E-state index contributed by atoms with van der Waals surface area (Å²) >= 11 is 0. The highest BCUT2D eigenvalue weighted by Gasteiger charge is 2.14. The van der Waals surface area contributed by atoms with Gasteiger partial charge in [0.1, 0.15) is 5.82 Å². The highest BCUT2D eigenvalue weighted by Crippen LogP contribution is 2.22. The number of para-hydroxylation sites is 4.